The van der Waals surface area contributed by atoms with Gasteiger partial charge in [-0.15, -0.1) is 0 Å². The normalized spacial score (nSPS) is 16.1. The molecule has 1 aliphatic heterocycles. The van der Waals surface area contributed by atoms with Gasteiger partial charge in [-0.25, -0.2) is 4.98 Å². The molecule has 30 heavy (non-hydrogen) atoms. The van der Waals surface area contributed by atoms with Crippen LogP contribution in [0.2, 0.25) is 5.02 Å². The fourth-order valence-corrected chi connectivity index (χ4v) is 3.87. The number of likely N-dealkylation sites (tertiary alicyclic amines) is 1. The van der Waals surface area contributed by atoms with Crippen molar-refractivity contribution < 1.29 is 19.1 Å². The van der Waals surface area contributed by atoms with Crippen LogP contribution in [0.4, 0.5) is 5.69 Å². The third-order valence-electron chi connectivity index (χ3n) is 5.22. The Labute approximate surface area is 181 Å². The second-order valence-corrected chi connectivity index (χ2v) is 7.69. The van der Waals surface area contributed by atoms with Crippen LogP contribution in [0, 0.1) is 5.92 Å². The van der Waals surface area contributed by atoms with Crippen molar-refractivity contribution in [1.82, 2.24) is 9.88 Å². The number of benzene rings is 1. The van der Waals surface area contributed by atoms with E-state index in [1.807, 2.05) is 4.90 Å². The molecule has 160 valence electrons. The lowest BCUT2D eigenvalue weighted by molar-refractivity contribution is -0.116. The summed E-state index contributed by atoms with van der Waals surface area (Å²) in [7, 11) is 3.05. The van der Waals surface area contributed by atoms with Gasteiger partial charge in [-0.1, -0.05) is 11.6 Å². The molecule has 2 aromatic rings. The van der Waals surface area contributed by atoms with Crippen molar-refractivity contribution in [1.29, 1.82) is 0 Å². The molecule has 1 fully saturated rings. The van der Waals surface area contributed by atoms with Crippen LogP contribution in [0.15, 0.2) is 36.5 Å². The van der Waals surface area contributed by atoms with Crippen LogP contribution in [0.5, 0.6) is 11.6 Å². The molecule has 3 rings (SSSR count). The maximum Gasteiger partial charge on any atom is 0.259 e. The van der Waals surface area contributed by atoms with Crippen LogP contribution in [0.1, 0.15) is 36.0 Å². The standard InChI is InChI=1S/C22H26ClN3O4/c1-29-19-9-8-16(23)13-18(19)25-20(27)10-7-15-5-4-12-26(14-15)22(28)17-6-3-11-24-21(17)30-2/h3,6,8-9,11,13,15H,4-5,7,10,12,14H2,1-2H3,(H,25,27). The Balaban J connectivity index is 1.56. The molecule has 0 aliphatic carbocycles. The molecule has 1 aliphatic rings. The van der Waals surface area contributed by atoms with Crippen LogP contribution in [0.25, 0.3) is 0 Å². The third kappa shape index (κ3) is 5.42. The number of carbonyl (C=O) groups is 2. The minimum atomic E-state index is -0.104. The number of hydrogen-bond donors (Lipinski definition) is 1. The van der Waals surface area contributed by atoms with Gasteiger partial charge >= 0.3 is 0 Å². The van der Waals surface area contributed by atoms with Gasteiger partial charge < -0.3 is 19.7 Å². The first-order valence-electron chi connectivity index (χ1n) is 9.93. The second-order valence-electron chi connectivity index (χ2n) is 7.25. The molecule has 0 saturated carbocycles. The summed E-state index contributed by atoms with van der Waals surface area (Å²) in [5, 5.41) is 3.39. The summed E-state index contributed by atoms with van der Waals surface area (Å²) in [5.41, 5.74) is 1.02. The predicted octanol–water partition coefficient (Wildman–Crippen LogP) is 4.02. The van der Waals surface area contributed by atoms with Crippen LogP contribution in [0.3, 0.4) is 0 Å². The number of nitrogens with one attached hydrogen (secondary N) is 1. The monoisotopic (exact) mass is 431 g/mol. The van der Waals surface area contributed by atoms with E-state index in [4.69, 9.17) is 21.1 Å². The Bertz CT molecular complexity index is 906. The largest absolute Gasteiger partial charge is 0.495 e. The molecule has 8 heteroatoms. The smallest absolute Gasteiger partial charge is 0.259 e. The van der Waals surface area contributed by atoms with E-state index in [0.29, 0.717) is 53.8 Å². The van der Waals surface area contributed by atoms with Gasteiger partial charge in [-0.2, -0.15) is 0 Å². The van der Waals surface area contributed by atoms with Gasteiger partial charge in [-0.3, -0.25) is 9.59 Å². The number of halogens is 1. The number of hydrogen-bond acceptors (Lipinski definition) is 5. The Hall–Kier alpha value is -2.80. The molecule has 0 bridgehead atoms. The van der Waals surface area contributed by atoms with E-state index in [-0.39, 0.29) is 17.7 Å². The molecule has 1 unspecified atom stereocenters. The molecule has 7 nitrogen and oxygen atoms in total. The molecular formula is C22H26ClN3O4. The number of methoxy groups -OCH3 is 2. The van der Waals surface area contributed by atoms with Crippen molar-refractivity contribution in [3.8, 4) is 11.6 Å². The van der Waals surface area contributed by atoms with Gasteiger partial charge in [0.15, 0.2) is 0 Å². The van der Waals surface area contributed by atoms with Crippen molar-refractivity contribution in [2.75, 3.05) is 32.6 Å². The van der Waals surface area contributed by atoms with Gasteiger partial charge in [-0.05, 0) is 55.5 Å². The predicted molar refractivity (Wildman–Crippen MR) is 115 cm³/mol. The molecule has 1 aromatic carbocycles. The zero-order valence-electron chi connectivity index (χ0n) is 17.2. The van der Waals surface area contributed by atoms with E-state index in [1.54, 1.807) is 43.6 Å². The van der Waals surface area contributed by atoms with Gasteiger partial charge in [0.2, 0.25) is 11.8 Å². The summed E-state index contributed by atoms with van der Waals surface area (Å²) < 4.78 is 10.5. The van der Waals surface area contributed by atoms with E-state index in [0.717, 1.165) is 12.8 Å². The average molecular weight is 432 g/mol. The fourth-order valence-electron chi connectivity index (χ4n) is 3.70. The highest BCUT2D eigenvalue weighted by molar-refractivity contribution is 6.31. The maximum atomic E-state index is 12.9. The Morgan fingerprint density at radius 2 is 2.10 bits per heavy atom. The fraction of sp³-hybridized carbons (Fsp3) is 0.409. The molecule has 1 atom stereocenters. The van der Waals surface area contributed by atoms with E-state index < -0.39 is 0 Å². The zero-order valence-corrected chi connectivity index (χ0v) is 17.9. The molecule has 1 saturated heterocycles. The Kier molecular flexibility index (Phi) is 7.52. The number of carbonyl (C=O) groups excluding carboxylic acids is 2. The topological polar surface area (TPSA) is 80.8 Å². The summed E-state index contributed by atoms with van der Waals surface area (Å²) >= 11 is 6.02. The number of anilines is 1. The molecule has 0 spiro atoms. The zero-order chi connectivity index (χ0) is 21.5. The molecule has 2 amide bonds. The number of nitrogens with zero attached hydrogens (tertiary/aromatic N) is 2. The number of amides is 2. The van der Waals surface area contributed by atoms with Crippen LogP contribution in [-0.2, 0) is 4.79 Å². The van der Waals surface area contributed by atoms with Crippen LogP contribution in [-0.4, -0.2) is 49.0 Å². The highest BCUT2D eigenvalue weighted by atomic mass is 35.5. The minimum Gasteiger partial charge on any atom is -0.495 e. The Morgan fingerprint density at radius 3 is 2.87 bits per heavy atom. The van der Waals surface area contributed by atoms with Crippen LogP contribution < -0.4 is 14.8 Å². The van der Waals surface area contributed by atoms with Crippen molar-refractivity contribution in [3.63, 3.8) is 0 Å². The summed E-state index contributed by atoms with van der Waals surface area (Å²) in [5.74, 6) is 0.968. The number of rotatable bonds is 7. The third-order valence-corrected chi connectivity index (χ3v) is 5.45. The van der Waals surface area contributed by atoms with Gasteiger partial charge in [0.1, 0.15) is 11.3 Å². The average Bonchev–Trinajstić information content (AvgIpc) is 2.77. The van der Waals surface area contributed by atoms with Crippen LogP contribution >= 0.6 is 11.6 Å². The van der Waals surface area contributed by atoms with Gasteiger partial charge in [0.05, 0.1) is 19.9 Å². The van der Waals surface area contributed by atoms with E-state index >= 15 is 0 Å². The summed E-state index contributed by atoms with van der Waals surface area (Å²) in [6.45, 7) is 1.31. The SMILES string of the molecule is COc1ccc(Cl)cc1NC(=O)CCC1CCCN(C(=O)c2cccnc2OC)C1. The number of aromatic nitrogens is 1. The number of ether oxygens (including phenoxy) is 2. The van der Waals surface area contributed by atoms with Crippen molar-refractivity contribution in [3.05, 3.63) is 47.1 Å². The summed E-state index contributed by atoms with van der Waals surface area (Å²) in [6, 6.07) is 8.55. The molecule has 2 heterocycles. The molecule has 1 aromatic heterocycles. The highest BCUT2D eigenvalue weighted by Gasteiger charge is 2.27. The van der Waals surface area contributed by atoms with E-state index in [2.05, 4.69) is 10.3 Å². The number of piperidine rings is 1. The van der Waals surface area contributed by atoms with Crippen molar-refractivity contribution in [2.45, 2.75) is 25.7 Å². The summed E-state index contributed by atoms with van der Waals surface area (Å²) in [4.78, 5) is 31.3. The first-order valence-corrected chi connectivity index (χ1v) is 10.3. The molecule has 1 N–H and O–H groups in total. The van der Waals surface area contributed by atoms with Crippen molar-refractivity contribution >= 4 is 29.1 Å². The van der Waals surface area contributed by atoms with Gasteiger partial charge in [0.25, 0.3) is 5.91 Å². The van der Waals surface area contributed by atoms with E-state index in [9.17, 15) is 9.59 Å². The lowest BCUT2D eigenvalue weighted by Gasteiger charge is -2.33. The molecular weight excluding hydrogens is 406 g/mol. The number of pyridine rings is 1. The maximum absolute atomic E-state index is 12.9. The first kappa shape index (κ1) is 21.9. The van der Waals surface area contributed by atoms with Crippen molar-refractivity contribution in [2.24, 2.45) is 5.92 Å². The minimum absolute atomic E-state index is 0.0854. The van der Waals surface area contributed by atoms with E-state index in [1.165, 1.54) is 7.11 Å². The lowest BCUT2D eigenvalue weighted by atomic mass is 9.93. The summed E-state index contributed by atoms with van der Waals surface area (Å²) in [6.07, 6.45) is 4.55. The molecule has 0 radical (unpaired) electrons. The highest BCUT2D eigenvalue weighted by Crippen LogP contribution is 2.29. The lowest BCUT2D eigenvalue weighted by Crippen LogP contribution is -2.40. The van der Waals surface area contributed by atoms with Gasteiger partial charge in [0, 0.05) is 30.7 Å². The second kappa shape index (κ2) is 10.3. The Morgan fingerprint density at radius 1 is 1.27 bits per heavy atom. The quantitative estimate of drug-likeness (QED) is 0.716. The first-order chi connectivity index (χ1) is 14.5.